The SMILES string of the molecule is Br.CCOc1cc2c(nc1C(=O)NC)C(=N)N(CC(=O)c1cc(OC(C)C)c(OCCCCC(=O)O)c(N3CCCC3)c1)C2. The lowest BCUT2D eigenvalue weighted by molar-refractivity contribution is -0.137. The highest BCUT2D eigenvalue weighted by atomic mass is 79.9. The largest absolute Gasteiger partial charge is 0.491 e. The first-order chi connectivity index (χ1) is 20.6. The number of nitrogens with zero attached hydrogens (tertiary/aromatic N) is 3. The fourth-order valence-corrected chi connectivity index (χ4v) is 5.22. The smallest absolute Gasteiger partial charge is 0.303 e. The van der Waals surface area contributed by atoms with Crippen LogP contribution < -0.4 is 24.4 Å². The van der Waals surface area contributed by atoms with Crippen LogP contribution in [0.2, 0.25) is 0 Å². The monoisotopic (exact) mass is 675 g/mol. The maximum Gasteiger partial charge on any atom is 0.303 e. The minimum atomic E-state index is -0.837. The van der Waals surface area contributed by atoms with Gasteiger partial charge in [-0.05, 0) is 64.7 Å². The van der Waals surface area contributed by atoms with E-state index in [0.717, 1.165) is 31.6 Å². The van der Waals surface area contributed by atoms with E-state index in [9.17, 15) is 14.4 Å². The highest BCUT2D eigenvalue weighted by Gasteiger charge is 2.32. The first kappa shape index (κ1) is 34.6. The summed E-state index contributed by atoms with van der Waals surface area (Å²) in [5.41, 5.74) is 2.37. The molecule has 12 nitrogen and oxygen atoms in total. The number of carbonyl (C=O) groups is 3. The molecule has 0 unspecified atom stereocenters. The van der Waals surface area contributed by atoms with Gasteiger partial charge in [0, 0.05) is 44.2 Å². The predicted molar refractivity (Wildman–Crippen MR) is 171 cm³/mol. The zero-order chi connectivity index (χ0) is 31.1. The second kappa shape index (κ2) is 15.7. The number of aromatic nitrogens is 1. The molecule has 0 atom stereocenters. The normalized spacial score (nSPS) is 13.9. The number of unbranched alkanes of at least 4 members (excludes halogenated alkanes) is 1. The lowest BCUT2D eigenvalue weighted by Crippen LogP contribution is -2.31. The summed E-state index contributed by atoms with van der Waals surface area (Å²) in [5, 5.41) is 20.2. The van der Waals surface area contributed by atoms with Crippen LogP contribution in [0.1, 0.15) is 85.0 Å². The van der Waals surface area contributed by atoms with Crippen LogP contribution in [0.15, 0.2) is 18.2 Å². The number of anilines is 1. The number of nitrogens with one attached hydrogen (secondary N) is 2. The number of ether oxygens (including phenoxy) is 3. The molecule has 13 heteroatoms. The van der Waals surface area contributed by atoms with Crippen molar-refractivity contribution in [3.63, 3.8) is 0 Å². The summed E-state index contributed by atoms with van der Waals surface area (Å²) in [6, 6.07) is 5.24. The van der Waals surface area contributed by atoms with E-state index in [2.05, 4.69) is 15.2 Å². The van der Waals surface area contributed by atoms with E-state index in [1.165, 1.54) is 7.05 Å². The van der Waals surface area contributed by atoms with E-state index in [1.807, 2.05) is 26.8 Å². The van der Waals surface area contributed by atoms with Crippen LogP contribution in [0.5, 0.6) is 17.2 Å². The maximum atomic E-state index is 13.7. The highest BCUT2D eigenvalue weighted by molar-refractivity contribution is 8.93. The van der Waals surface area contributed by atoms with Gasteiger partial charge in [0.2, 0.25) is 0 Å². The average Bonchev–Trinajstić information content (AvgIpc) is 3.60. The van der Waals surface area contributed by atoms with Crippen LogP contribution in [0.3, 0.4) is 0 Å². The van der Waals surface area contributed by atoms with Gasteiger partial charge in [-0.25, -0.2) is 4.98 Å². The number of hydrogen-bond donors (Lipinski definition) is 3. The summed E-state index contributed by atoms with van der Waals surface area (Å²) < 4.78 is 18.0. The molecule has 240 valence electrons. The zero-order valence-electron chi connectivity index (χ0n) is 25.7. The van der Waals surface area contributed by atoms with E-state index in [1.54, 1.807) is 17.0 Å². The number of Topliss-reactive ketones (excluding diaryl/α,β-unsaturated/α-hetero) is 1. The third-order valence-electron chi connectivity index (χ3n) is 7.24. The molecule has 44 heavy (non-hydrogen) atoms. The molecular formula is C31H42BrN5O7. The van der Waals surface area contributed by atoms with Crippen molar-refractivity contribution in [3.8, 4) is 17.2 Å². The van der Waals surface area contributed by atoms with Crippen molar-refractivity contribution in [2.24, 2.45) is 0 Å². The third-order valence-corrected chi connectivity index (χ3v) is 7.24. The molecule has 3 N–H and O–H groups in total. The lowest BCUT2D eigenvalue weighted by Gasteiger charge is -2.26. The molecule has 4 rings (SSSR count). The van der Waals surface area contributed by atoms with E-state index >= 15 is 0 Å². The first-order valence-corrected chi connectivity index (χ1v) is 14.8. The van der Waals surface area contributed by atoms with Crippen molar-refractivity contribution >= 4 is 46.2 Å². The summed E-state index contributed by atoms with van der Waals surface area (Å²) in [6.45, 7) is 8.16. The predicted octanol–water partition coefficient (Wildman–Crippen LogP) is 4.46. The van der Waals surface area contributed by atoms with Crippen LogP contribution in [-0.2, 0) is 11.3 Å². The summed E-state index contributed by atoms with van der Waals surface area (Å²) >= 11 is 0. The molecule has 1 saturated heterocycles. The van der Waals surface area contributed by atoms with Gasteiger partial charge in [0.1, 0.15) is 11.5 Å². The Balaban J connectivity index is 0.00000529. The Morgan fingerprint density at radius 3 is 2.45 bits per heavy atom. The number of carbonyl (C=O) groups excluding carboxylic acids is 2. The Bertz CT molecular complexity index is 1380. The molecule has 2 aliphatic rings. The van der Waals surface area contributed by atoms with Crippen LogP contribution in [-0.4, -0.2) is 84.5 Å². The quantitative estimate of drug-likeness (QED) is 0.182. The molecule has 1 aromatic heterocycles. The van der Waals surface area contributed by atoms with Crippen LogP contribution in [0.4, 0.5) is 5.69 Å². The van der Waals surface area contributed by atoms with Gasteiger partial charge in [0.25, 0.3) is 5.91 Å². The minimum Gasteiger partial charge on any atom is -0.491 e. The van der Waals surface area contributed by atoms with Crippen LogP contribution in [0.25, 0.3) is 0 Å². The molecule has 1 fully saturated rings. The number of halogens is 1. The van der Waals surface area contributed by atoms with Crippen LogP contribution >= 0.6 is 17.0 Å². The number of ketones is 1. The Labute approximate surface area is 268 Å². The Hall–Kier alpha value is -3.87. The molecular weight excluding hydrogens is 634 g/mol. The molecule has 0 radical (unpaired) electrons. The maximum absolute atomic E-state index is 13.7. The van der Waals surface area contributed by atoms with Crippen molar-refractivity contribution in [3.05, 3.63) is 40.7 Å². The Kier molecular flexibility index (Phi) is 12.4. The van der Waals surface area contributed by atoms with E-state index < -0.39 is 11.9 Å². The highest BCUT2D eigenvalue weighted by Crippen LogP contribution is 2.41. The molecule has 2 aromatic rings. The molecule has 2 aliphatic heterocycles. The fourth-order valence-electron chi connectivity index (χ4n) is 5.22. The van der Waals surface area contributed by atoms with Gasteiger partial charge in [-0.15, -0.1) is 17.0 Å². The van der Waals surface area contributed by atoms with Crippen molar-refractivity contribution < 1.29 is 33.7 Å². The van der Waals surface area contributed by atoms with E-state index in [-0.39, 0.29) is 59.9 Å². The fraction of sp³-hybridized carbons (Fsp3) is 0.516. The number of amides is 1. The molecule has 3 heterocycles. The minimum absolute atomic E-state index is 0. The summed E-state index contributed by atoms with van der Waals surface area (Å²) in [4.78, 5) is 45.3. The number of aliphatic carboxylic acids is 1. The third kappa shape index (κ3) is 8.19. The van der Waals surface area contributed by atoms with Crippen molar-refractivity contribution in [2.45, 2.75) is 65.5 Å². The van der Waals surface area contributed by atoms with Gasteiger partial charge in [0.15, 0.2) is 28.7 Å². The molecule has 0 saturated carbocycles. The van der Waals surface area contributed by atoms with Crippen molar-refractivity contribution in [1.82, 2.24) is 15.2 Å². The van der Waals surface area contributed by atoms with Crippen molar-refractivity contribution in [1.29, 1.82) is 5.41 Å². The second-order valence-electron chi connectivity index (χ2n) is 10.9. The average molecular weight is 677 g/mol. The number of carboxylic acid groups (broad SMARTS) is 1. The first-order valence-electron chi connectivity index (χ1n) is 14.8. The Morgan fingerprint density at radius 1 is 1.09 bits per heavy atom. The van der Waals surface area contributed by atoms with Gasteiger partial charge in [-0.2, -0.15) is 0 Å². The Morgan fingerprint density at radius 2 is 1.82 bits per heavy atom. The lowest BCUT2D eigenvalue weighted by atomic mass is 10.1. The number of fused-ring (bicyclic) bond motifs is 1. The van der Waals surface area contributed by atoms with E-state index in [4.69, 9.17) is 24.7 Å². The van der Waals surface area contributed by atoms with Crippen LogP contribution in [0, 0.1) is 5.41 Å². The topological polar surface area (TPSA) is 154 Å². The van der Waals surface area contributed by atoms with E-state index in [0.29, 0.717) is 60.1 Å². The van der Waals surface area contributed by atoms with Gasteiger partial charge < -0.3 is 34.4 Å². The van der Waals surface area contributed by atoms with Gasteiger partial charge in [-0.3, -0.25) is 19.8 Å². The summed E-state index contributed by atoms with van der Waals surface area (Å²) in [6.07, 6.45) is 3.03. The standard InChI is InChI=1S/C31H41N5O7.BrH/c1-5-41-24-16-21-17-36(30(32)27(21)34-28(24)31(40)33-4)18-23(37)20-14-22(35-11-7-8-12-35)29(25(15-20)43-19(2)3)42-13-9-6-10-26(38)39;/h14-16,19,32H,5-13,17-18H2,1-4H3,(H,33,40)(H,38,39);1H. The molecule has 0 aliphatic carbocycles. The zero-order valence-corrected chi connectivity index (χ0v) is 27.4. The molecule has 0 bridgehead atoms. The molecule has 0 spiro atoms. The van der Waals surface area contributed by atoms with Gasteiger partial charge in [0.05, 0.1) is 31.5 Å². The number of rotatable bonds is 15. The number of pyridine rings is 1. The molecule has 1 aromatic carbocycles. The van der Waals surface area contributed by atoms with Gasteiger partial charge in [-0.1, -0.05) is 0 Å². The summed E-state index contributed by atoms with van der Waals surface area (Å²) in [5.74, 6) is -0.0311. The number of hydrogen-bond acceptors (Lipinski definition) is 9. The van der Waals surface area contributed by atoms with Gasteiger partial charge >= 0.3 is 5.97 Å². The second-order valence-corrected chi connectivity index (χ2v) is 10.9. The summed E-state index contributed by atoms with van der Waals surface area (Å²) in [7, 11) is 1.51. The number of benzene rings is 1. The number of amidine groups is 1. The number of carboxylic acids is 1. The molecule has 1 amide bonds. The van der Waals surface area contributed by atoms with Crippen molar-refractivity contribution in [2.75, 3.05) is 44.8 Å².